The maximum absolute atomic E-state index is 13.4. The molecule has 1 aromatic carbocycles. The Balaban J connectivity index is 1.48. The SMILES string of the molecule is CC(=O)N1CCC(=O)N2[C@H](CC[C@H]2C(=O)N2C[C@@H](C#N)[C@H](c3ccccc3)C2)CC1. The van der Waals surface area contributed by atoms with E-state index >= 15 is 0 Å². The van der Waals surface area contributed by atoms with Crippen LogP contribution < -0.4 is 0 Å². The highest BCUT2D eigenvalue weighted by Crippen LogP contribution is 2.35. The van der Waals surface area contributed by atoms with Crippen molar-refractivity contribution < 1.29 is 14.4 Å². The zero-order chi connectivity index (χ0) is 21.3. The third-order valence-electron chi connectivity index (χ3n) is 6.87. The highest BCUT2D eigenvalue weighted by Gasteiger charge is 2.45. The number of fused-ring (bicyclic) bond motifs is 1. The summed E-state index contributed by atoms with van der Waals surface area (Å²) >= 11 is 0. The number of rotatable bonds is 2. The summed E-state index contributed by atoms with van der Waals surface area (Å²) in [7, 11) is 0. The molecule has 3 heterocycles. The van der Waals surface area contributed by atoms with Gasteiger partial charge < -0.3 is 14.7 Å². The Hall–Kier alpha value is -2.88. The largest absolute Gasteiger partial charge is 0.342 e. The van der Waals surface area contributed by atoms with E-state index in [9.17, 15) is 19.6 Å². The van der Waals surface area contributed by atoms with Gasteiger partial charge in [-0.15, -0.1) is 0 Å². The fourth-order valence-electron chi connectivity index (χ4n) is 5.24. The van der Waals surface area contributed by atoms with E-state index in [2.05, 4.69) is 6.07 Å². The first-order valence-electron chi connectivity index (χ1n) is 10.8. The van der Waals surface area contributed by atoms with E-state index in [0.717, 1.165) is 12.0 Å². The van der Waals surface area contributed by atoms with Gasteiger partial charge in [0.25, 0.3) is 0 Å². The standard InChI is InChI=1S/C23H28N4O3/c1-16(28)25-11-9-19-7-8-21(27(19)22(29)10-12-25)23(30)26-14-18(13-24)20(15-26)17-5-3-2-4-6-17/h2-6,18-21H,7-12,14-15H2,1H3/t18-,19-,20+,21+/m1/s1. The van der Waals surface area contributed by atoms with Crippen molar-refractivity contribution in [1.29, 1.82) is 5.26 Å². The minimum atomic E-state index is -0.444. The van der Waals surface area contributed by atoms with E-state index in [0.29, 0.717) is 39.0 Å². The highest BCUT2D eigenvalue weighted by atomic mass is 16.2. The number of carbonyl (C=O) groups is 3. The second kappa shape index (κ2) is 8.47. The first-order chi connectivity index (χ1) is 14.5. The molecular weight excluding hydrogens is 380 g/mol. The molecule has 3 amide bonds. The van der Waals surface area contributed by atoms with Crippen LogP contribution in [-0.4, -0.2) is 70.7 Å². The summed E-state index contributed by atoms with van der Waals surface area (Å²) in [5.41, 5.74) is 1.08. The molecule has 3 aliphatic heterocycles. The summed E-state index contributed by atoms with van der Waals surface area (Å²) in [6.07, 6.45) is 2.40. The molecule has 7 heteroatoms. The molecule has 0 bridgehead atoms. The lowest BCUT2D eigenvalue weighted by molar-refractivity contribution is -0.146. The number of benzene rings is 1. The van der Waals surface area contributed by atoms with Crippen LogP contribution >= 0.6 is 0 Å². The number of nitriles is 1. The zero-order valence-corrected chi connectivity index (χ0v) is 17.4. The molecule has 0 aromatic heterocycles. The molecule has 3 saturated heterocycles. The lowest BCUT2D eigenvalue weighted by Crippen LogP contribution is -2.52. The molecule has 0 radical (unpaired) electrons. The second-order valence-corrected chi connectivity index (χ2v) is 8.59. The Kier molecular flexibility index (Phi) is 5.76. The Bertz CT molecular complexity index is 865. The molecular formula is C23H28N4O3. The second-order valence-electron chi connectivity index (χ2n) is 8.59. The number of hydrogen-bond acceptors (Lipinski definition) is 4. The van der Waals surface area contributed by atoms with E-state index < -0.39 is 6.04 Å². The summed E-state index contributed by atoms with van der Waals surface area (Å²) < 4.78 is 0. The first-order valence-corrected chi connectivity index (χ1v) is 10.8. The fraction of sp³-hybridized carbons (Fsp3) is 0.565. The van der Waals surface area contributed by atoms with Gasteiger partial charge in [0.2, 0.25) is 17.7 Å². The summed E-state index contributed by atoms with van der Waals surface area (Å²) in [6.45, 7) is 3.50. The van der Waals surface area contributed by atoms with Crippen LogP contribution in [0.25, 0.3) is 0 Å². The summed E-state index contributed by atoms with van der Waals surface area (Å²) in [4.78, 5) is 43.4. The normalized spacial score (nSPS) is 29.2. The van der Waals surface area contributed by atoms with Crippen molar-refractivity contribution in [3.05, 3.63) is 35.9 Å². The van der Waals surface area contributed by atoms with Crippen LogP contribution in [0.4, 0.5) is 0 Å². The molecule has 4 atom stereocenters. The van der Waals surface area contributed by atoms with Crippen LogP contribution in [0.5, 0.6) is 0 Å². The Morgan fingerprint density at radius 3 is 2.50 bits per heavy atom. The third kappa shape index (κ3) is 3.79. The topological polar surface area (TPSA) is 84.7 Å². The van der Waals surface area contributed by atoms with Crippen LogP contribution in [0.2, 0.25) is 0 Å². The van der Waals surface area contributed by atoms with E-state index in [1.54, 1.807) is 14.7 Å². The summed E-state index contributed by atoms with van der Waals surface area (Å²) in [5.74, 6) is -0.315. The van der Waals surface area contributed by atoms with Crippen molar-refractivity contribution in [1.82, 2.24) is 14.7 Å². The average molecular weight is 409 g/mol. The molecule has 7 nitrogen and oxygen atoms in total. The van der Waals surface area contributed by atoms with Crippen molar-refractivity contribution in [3.8, 4) is 6.07 Å². The highest BCUT2D eigenvalue weighted by molar-refractivity contribution is 5.89. The molecule has 3 fully saturated rings. The molecule has 0 unspecified atom stereocenters. The van der Waals surface area contributed by atoms with E-state index in [1.807, 2.05) is 30.3 Å². The van der Waals surface area contributed by atoms with Gasteiger partial charge in [0, 0.05) is 51.5 Å². The van der Waals surface area contributed by atoms with Crippen LogP contribution in [0.15, 0.2) is 30.3 Å². The van der Waals surface area contributed by atoms with Crippen LogP contribution in [-0.2, 0) is 14.4 Å². The average Bonchev–Trinajstić information content (AvgIpc) is 3.36. The number of amides is 3. The van der Waals surface area contributed by atoms with Crippen molar-refractivity contribution in [2.45, 2.75) is 50.6 Å². The summed E-state index contributed by atoms with van der Waals surface area (Å²) in [5, 5.41) is 9.65. The quantitative estimate of drug-likeness (QED) is 0.746. The minimum absolute atomic E-state index is 0.00418. The molecule has 0 N–H and O–H groups in total. The predicted molar refractivity (Wildman–Crippen MR) is 110 cm³/mol. The number of carbonyl (C=O) groups excluding carboxylic acids is 3. The molecule has 0 saturated carbocycles. The molecule has 3 aliphatic rings. The zero-order valence-electron chi connectivity index (χ0n) is 17.4. The van der Waals surface area contributed by atoms with Crippen LogP contribution in [0.1, 0.15) is 44.1 Å². The van der Waals surface area contributed by atoms with Crippen LogP contribution in [0.3, 0.4) is 0 Å². The smallest absolute Gasteiger partial charge is 0.245 e. The van der Waals surface area contributed by atoms with Gasteiger partial charge in [0.1, 0.15) is 6.04 Å². The lowest BCUT2D eigenvalue weighted by Gasteiger charge is -2.35. The fourth-order valence-corrected chi connectivity index (χ4v) is 5.24. The first kappa shape index (κ1) is 20.4. The monoisotopic (exact) mass is 408 g/mol. The number of nitrogens with zero attached hydrogens (tertiary/aromatic N) is 4. The van der Waals surface area contributed by atoms with Crippen LogP contribution in [0, 0.1) is 17.2 Å². The molecule has 158 valence electrons. The molecule has 0 spiro atoms. The maximum atomic E-state index is 13.4. The molecule has 1 aromatic rings. The third-order valence-corrected chi connectivity index (χ3v) is 6.87. The number of hydrogen-bond donors (Lipinski definition) is 0. The Labute approximate surface area is 177 Å². The Morgan fingerprint density at radius 1 is 1.03 bits per heavy atom. The van der Waals surface area contributed by atoms with Gasteiger partial charge in [-0.3, -0.25) is 14.4 Å². The van der Waals surface area contributed by atoms with E-state index in [-0.39, 0.29) is 42.0 Å². The van der Waals surface area contributed by atoms with Crippen molar-refractivity contribution in [3.63, 3.8) is 0 Å². The van der Waals surface area contributed by atoms with Gasteiger partial charge in [0.05, 0.1) is 12.0 Å². The van der Waals surface area contributed by atoms with Gasteiger partial charge in [-0.25, -0.2) is 0 Å². The van der Waals surface area contributed by atoms with Crippen molar-refractivity contribution in [2.75, 3.05) is 26.2 Å². The minimum Gasteiger partial charge on any atom is -0.342 e. The lowest BCUT2D eigenvalue weighted by atomic mass is 9.90. The van der Waals surface area contributed by atoms with E-state index in [1.165, 1.54) is 6.92 Å². The molecule has 30 heavy (non-hydrogen) atoms. The van der Waals surface area contributed by atoms with Gasteiger partial charge in [-0.2, -0.15) is 5.26 Å². The van der Waals surface area contributed by atoms with Crippen molar-refractivity contribution >= 4 is 17.7 Å². The summed E-state index contributed by atoms with van der Waals surface area (Å²) in [6, 6.07) is 11.8. The van der Waals surface area contributed by atoms with E-state index in [4.69, 9.17) is 0 Å². The molecule has 4 rings (SSSR count). The van der Waals surface area contributed by atoms with Gasteiger partial charge in [-0.05, 0) is 24.8 Å². The Morgan fingerprint density at radius 2 is 1.80 bits per heavy atom. The van der Waals surface area contributed by atoms with Gasteiger partial charge in [0.15, 0.2) is 0 Å². The van der Waals surface area contributed by atoms with Gasteiger partial charge >= 0.3 is 0 Å². The number of likely N-dealkylation sites (tertiary alicyclic amines) is 1. The molecule has 0 aliphatic carbocycles. The van der Waals surface area contributed by atoms with Gasteiger partial charge in [-0.1, -0.05) is 30.3 Å². The predicted octanol–water partition coefficient (Wildman–Crippen LogP) is 1.75. The maximum Gasteiger partial charge on any atom is 0.245 e. The van der Waals surface area contributed by atoms with Crippen molar-refractivity contribution in [2.24, 2.45) is 5.92 Å².